The Balaban J connectivity index is 1.97. The van der Waals surface area contributed by atoms with Crippen LogP contribution in [0.2, 0.25) is 0 Å². The van der Waals surface area contributed by atoms with E-state index in [9.17, 15) is 0 Å². The molecular formula is CH3BS2. The van der Waals surface area contributed by atoms with E-state index in [0.717, 1.165) is 0 Å². The summed E-state index contributed by atoms with van der Waals surface area (Å²) in [7, 11) is 4.87. The van der Waals surface area contributed by atoms with Gasteiger partial charge in [-0.05, 0) is 0 Å². The summed E-state index contributed by atoms with van der Waals surface area (Å²) in [6.45, 7) is 0. The number of thiol groups is 1. The van der Waals surface area contributed by atoms with E-state index in [0.29, 0.717) is 5.08 Å². The second kappa shape index (κ2) is 3.76. The molecule has 0 heterocycles. The van der Waals surface area contributed by atoms with Crippen LogP contribution in [0.5, 0.6) is 0 Å². The van der Waals surface area contributed by atoms with Gasteiger partial charge < -0.3 is 0 Å². The van der Waals surface area contributed by atoms with E-state index in [1.54, 1.807) is 0 Å². The second-order valence-electron chi connectivity index (χ2n) is 0.296. The normalized spacial score (nSPS) is 7.25. The molecule has 0 bridgehead atoms. The molecule has 0 saturated heterocycles. The molecule has 0 rings (SSSR count). The highest BCUT2D eigenvalue weighted by Crippen LogP contribution is 1.88. The Morgan fingerprint density at radius 1 is 2.00 bits per heavy atom. The Morgan fingerprint density at radius 2 is 2.25 bits per heavy atom. The summed E-state index contributed by atoms with van der Waals surface area (Å²) < 4.78 is 0. The van der Waals surface area contributed by atoms with Crippen LogP contribution in [0.3, 0.4) is 0 Å². The lowest BCUT2D eigenvalue weighted by molar-refractivity contribution is 2.36. The van der Waals surface area contributed by atoms with Crippen LogP contribution in [0.1, 0.15) is 0 Å². The zero-order valence-electron chi connectivity index (χ0n) is 2.14. The van der Waals surface area contributed by atoms with Gasteiger partial charge in [-0.1, -0.05) is 0 Å². The van der Waals surface area contributed by atoms with Crippen molar-refractivity contribution < 1.29 is 0 Å². The molecule has 0 atom stereocenters. The molecule has 0 saturated carbocycles. The average molecular weight is 90.0 g/mol. The monoisotopic (exact) mass is 90.0 g/mol. The van der Waals surface area contributed by atoms with Crippen molar-refractivity contribution in [1.29, 1.82) is 0 Å². The van der Waals surface area contributed by atoms with Gasteiger partial charge in [0.2, 0.25) is 0 Å². The quantitative estimate of drug-likeness (QED) is 0.281. The standard InChI is InChI=1S/CH3BS2/c2-4-1-3/h3H,1H2. The smallest absolute Gasteiger partial charge is 0.162 e. The van der Waals surface area contributed by atoms with Gasteiger partial charge in [0, 0.05) is 5.08 Å². The molecule has 0 aliphatic heterocycles. The van der Waals surface area contributed by atoms with E-state index in [-0.39, 0.29) is 0 Å². The fraction of sp³-hybridized carbons (Fsp3) is 1.00. The number of rotatable bonds is 1. The first-order valence-electron chi connectivity index (χ1n) is 0.841. The van der Waals surface area contributed by atoms with Gasteiger partial charge in [0.15, 0.2) is 7.12 Å². The van der Waals surface area contributed by atoms with Crippen LogP contribution in [0, 0.1) is 0 Å². The Morgan fingerprint density at radius 3 is 2.25 bits per heavy atom. The summed E-state index contributed by atoms with van der Waals surface area (Å²) in [6, 6.07) is 0. The minimum Gasteiger partial charge on any atom is -0.217 e. The van der Waals surface area contributed by atoms with Gasteiger partial charge in [-0.3, -0.25) is 0 Å². The molecule has 0 aromatic heterocycles. The minimum absolute atomic E-state index is 0.708. The summed E-state index contributed by atoms with van der Waals surface area (Å²) in [6.07, 6.45) is 0. The lowest BCUT2D eigenvalue weighted by Crippen LogP contribution is -1.49. The van der Waals surface area contributed by atoms with Crippen molar-refractivity contribution >= 4 is 31.4 Å². The highest BCUT2D eigenvalue weighted by atomic mass is 32.2. The lowest BCUT2D eigenvalue weighted by Gasteiger charge is -1.69. The molecule has 0 aromatic carbocycles. The van der Waals surface area contributed by atoms with Crippen LogP contribution < -0.4 is 0 Å². The van der Waals surface area contributed by atoms with Crippen molar-refractivity contribution in [3.8, 4) is 0 Å². The van der Waals surface area contributed by atoms with Crippen molar-refractivity contribution in [2.45, 2.75) is 0 Å². The van der Waals surface area contributed by atoms with Crippen LogP contribution in [-0.4, -0.2) is 12.2 Å². The van der Waals surface area contributed by atoms with Gasteiger partial charge in [-0.2, -0.15) is 12.6 Å². The molecule has 0 nitrogen and oxygen atoms in total. The van der Waals surface area contributed by atoms with Gasteiger partial charge in [0.05, 0.1) is 0 Å². The van der Waals surface area contributed by atoms with Crippen molar-refractivity contribution in [2.24, 2.45) is 0 Å². The first-order valence-corrected chi connectivity index (χ1v) is 2.52. The molecule has 0 fully saturated rings. The molecule has 0 spiro atoms. The van der Waals surface area contributed by atoms with E-state index in [1.807, 2.05) is 0 Å². The van der Waals surface area contributed by atoms with Crippen molar-refractivity contribution in [1.82, 2.24) is 0 Å². The van der Waals surface area contributed by atoms with Crippen molar-refractivity contribution in [3.63, 3.8) is 0 Å². The number of hydrogen-bond acceptors (Lipinski definition) is 2. The molecule has 3 heteroatoms. The maximum atomic E-state index is 4.87. The molecular weight excluding hydrogens is 87.0 g/mol. The predicted octanol–water partition coefficient (Wildman–Crippen LogP) is 0.690. The Hall–Kier alpha value is 0.765. The fourth-order valence-corrected chi connectivity index (χ4v) is 0. The molecule has 0 aliphatic rings. The van der Waals surface area contributed by atoms with E-state index in [4.69, 9.17) is 7.12 Å². The molecule has 0 N–H and O–H groups in total. The average Bonchev–Trinajstić information content (AvgIpc) is 1.37. The lowest BCUT2D eigenvalue weighted by atomic mass is 10.8. The van der Waals surface area contributed by atoms with Crippen LogP contribution >= 0.6 is 24.2 Å². The van der Waals surface area contributed by atoms with Crippen LogP contribution in [0.4, 0.5) is 0 Å². The first-order chi connectivity index (χ1) is 1.91. The van der Waals surface area contributed by atoms with E-state index in [2.05, 4.69) is 12.6 Å². The molecule has 0 aliphatic carbocycles. The molecule has 0 aromatic rings. The predicted molar refractivity (Wildman–Crippen MR) is 27.2 cm³/mol. The Bertz CT molecular complexity index is 8.00. The van der Waals surface area contributed by atoms with Gasteiger partial charge in [0.25, 0.3) is 0 Å². The largest absolute Gasteiger partial charge is 0.217 e. The summed E-state index contributed by atoms with van der Waals surface area (Å²) >= 11 is 4.98. The Kier molecular flexibility index (Phi) is 4.48. The Labute approximate surface area is 37.1 Å². The highest BCUT2D eigenvalue weighted by Gasteiger charge is 1.56. The fourth-order valence-electron chi connectivity index (χ4n) is 0. The van der Waals surface area contributed by atoms with E-state index in [1.165, 1.54) is 11.6 Å². The third kappa shape index (κ3) is 2.76. The maximum Gasteiger partial charge on any atom is 0.162 e. The summed E-state index contributed by atoms with van der Waals surface area (Å²) in [5, 5.41) is 0.708. The van der Waals surface area contributed by atoms with Crippen molar-refractivity contribution in [2.75, 3.05) is 5.08 Å². The maximum absolute atomic E-state index is 4.87. The molecule has 0 amide bonds. The molecule has 0 unspecified atom stereocenters. The van der Waals surface area contributed by atoms with Gasteiger partial charge in [-0.25, -0.2) is 11.6 Å². The van der Waals surface area contributed by atoms with Crippen LogP contribution in [-0.2, 0) is 0 Å². The summed E-state index contributed by atoms with van der Waals surface area (Å²) in [4.78, 5) is 0. The zero-order valence-corrected chi connectivity index (χ0v) is 3.85. The van der Waals surface area contributed by atoms with Crippen molar-refractivity contribution in [3.05, 3.63) is 0 Å². The zero-order chi connectivity index (χ0) is 3.41. The molecule has 22 valence electrons. The first kappa shape index (κ1) is 4.76. The summed E-state index contributed by atoms with van der Waals surface area (Å²) in [5.41, 5.74) is 0. The molecule has 4 heavy (non-hydrogen) atoms. The molecule has 2 radical (unpaired) electrons. The van der Waals surface area contributed by atoms with Gasteiger partial charge in [0.1, 0.15) is 0 Å². The van der Waals surface area contributed by atoms with Crippen LogP contribution in [0.25, 0.3) is 0 Å². The third-order valence-corrected chi connectivity index (χ3v) is 0.671. The van der Waals surface area contributed by atoms with E-state index < -0.39 is 0 Å². The number of hydrogen-bond donors (Lipinski definition) is 1. The van der Waals surface area contributed by atoms with Crippen LogP contribution in [0.15, 0.2) is 0 Å². The third-order valence-electron chi connectivity index (χ3n) is 0.0745. The summed E-state index contributed by atoms with van der Waals surface area (Å²) in [5.74, 6) is 0. The SMILES string of the molecule is [B]SCS. The minimum atomic E-state index is 0.708. The van der Waals surface area contributed by atoms with Gasteiger partial charge in [-0.15, -0.1) is 0 Å². The van der Waals surface area contributed by atoms with Gasteiger partial charge >= 0.3 is 0 Å². The van der Waals surface area contributed by atoms with E-state index >= 15 is 0 Å². The topological polar surface area (TPSA) is 0 Å². The highest BCUT2D eigenvalue weighted by molar-refractivity contribution is 8.25. The second-order valence-corrected chi connectivity index (χ2v) is 1.66.